The van der Waals surface area contributed by atoms with Crippen LogP contribution in [-0.2, 0) is 6.54 Å². The SMILES string of the molecule is CCOc1c(Cl)cc(CNc2cnc(C#N)nc2)cc1OC. The van der Waals surface area contributed by atoms with E-state index < -0.39 is 0 Å². The molecule has 0 radical (unpaired) electrons. The lowest BCUT2D eigenvalue weighted by Crippen LogP contribution is -2.03. The van der Waals surface area contributed by atoms with E-state index in [-0.39, 0.29) is 5.82 Å². The maximum atomic E-state index is 8.66. The minimum Gasteiger partial charge on any atom is -0.493 e. The Bertz CT molecular complexity index is 683. The first-order chi connectivity index (χ1) is 10.7. The van der Waals surface area contributed by atoms with Gasteiger partial charge < -0.3 is 14.8 Å². The third kappa shape index (κ3) is 3.77. The third-order valence-corrected chi connectivity index (χ3v) is 3.11. The number of hydrogen-bond donors (Lipinski definition) is 1. The molecule has 0 atom stereocenters. The largest absolute Gasteiger partial charge is 0.493 e. The topological polar surface area (TPSA) is 80.1 Å². The number of ether oxygens (including phenoxy) is 2. The van der Waals surface area contributed by atoms with Gasteiger partial charge in [-0.15, -0.1) is 0 Å². The zero-order chi connectivity index (χ0) is 15.9. The number of nitrogens with zero attached hydrogens (tertiary/aromatic N) is 3. The number of methoxy groups -OCH3 is 1. The number of hydrogen-bond acceptors (Lipinski definition) is 6. The molecule has 0 saturated carbocycles. The fourth-order valence-corrected chi connectivity index (χ4v) is 2.13. The molecule has 1 heterocycles. The molecule has 0 aliphatic carbocycles. The van der Waals surface area contributed by atoms with E-state index in [9.17, 15) is 0 Å². The van der Waals surface area contributed by atoms with Crippen molar-refractivity contribution < 1.29 is 9.47 Å². The van der Waals surface area contributed by atoms with Crippen LogP contribution in [0, 0.1) is 11.3 Å². The summed E-state index contributed by atoms with van der Waals surface area (Å²) in [5.74, 6) is 1.26. The van der Waals surface area contributed by atoms with Crippen LogP contribution in [0.25, 0.3) is 0 Å². The van der Waals surface area contributed by atoms with Crippen LogP contribution >= 0.6 is 11.6 Å². The molecule has 0 aliphatic rings. The van der Waals surface area contributed by atoms with Gasteiger partial charge in [-0.1, -0.05) is 11.6 Å². The summed E-state index contributed by atoms with van der Waals surface area (Å²) in [6.07, 6.45) is 3.11. The van der Waals surface area contributed by atoms with E-state index in [0.717, 1.165) is 5.56 Å². The van der Waals surface area contributed by atoms with Crippen LogP contribution in [0.2, 0.25) is 5.02 Å². The van der Waals surface area contributed by atoms with Crippen LogP contribution in [0.1, 0.15) is 18.3 Å². The highest BCUT2D eigenvalue weighted by molar-refractivity contribution is 6.32. The number of benzene rings is 1. The van der Waals surface area contributed by atoms with E-state index >= 15 is 0 Å². The Balaban J connectivity index is 2.12. The lowest BCUT2D eigenvalue weighted by Gasteiger charge is -2.13. The molecular weight excluding hydrogens is 304 g/mol. The number of rotatable bonds is 6. The molecular formula is C15H15ClN4O2. The summed E-state index contributed by atoms with van der Waals surface area (Å²) in [5.41, 5.74) is 1.64. The average Bonchev–Trinajstić information content (AvgIpc) is 2.55. The van der Waals surface area contributed by atoms with Crippen molar-refractivity contribution in [3.05, 3.63) is 40.9 Å². The highest BCUT2D eigenvalue weighted by Crippen LogP contribution is 2.36. The molecule has 2 rings (SSSR count). The van der Waals surface area contributed by atoms with E-state index in [1.54, 1.807) is 19.5 Å². The fourth-order valence-electron chi connectivity index (χ4n) is 1.84. The van der Waals surface area contributed by atoms with Gasteiger partial charge in [0.25, 0.3) is 0 Å². The number of nitrogens with one attached hydrogen (secondary N) is 1. The molecule has 0 aliphatic heterocycles. The molecule has 7 heteroatoms. The predicted molar refractivity (Wildman–Crippen MR) is 83.2 cm³/mol. The Morgan fingerprint density at radius 1 is 1.32 bits per heavy atom. The van der Waals surface area contributed by atoms with Crippen molar-refractivity contribution in [2.75, 3.05) is 19.0 Å². The number of aromatic nitrogens is 2. The molecule has 6 nitrogen and oxygen atoms in total. The summed E-state index contributed by atoms with van der Waals surface area (Å²) in [6.45, 7) is 2.91. The highest BCUT2D eigenvalue weighted by Gasteiger charge is 2.11. The lowest BCUT2D eigenvalue weighted by atomic mass is 10.2. The molecule has 0 amide bonds. The van der Waals surface area contributed by atoms with Crippen LogP contribution in [0.3, 0.4) is 0 Å². The van der Waals surface area contributed by atoms with Crippen LogP contribution < -0.4 is 14.8 Å². The quantitative estimate of drug-likeness (QED) is 0.881. The van der Waals surface area contributed by atoms with Gasteiger partial charge in [0.05, 0.1) is 36.8 Å². The predicted octanol–water partition coefficient (Wildman–Crippen LogP) is 3.02. The van der Waals surface area contributed by atoms with Crippen molar-refractivity contribution in [2.24, 2.45) is 0 Å². The molecule has 0 fully saturated rings. The maximum absolute atomic E-state index is 8.66. The molecule has 2 aromatic rings. The molecule has 1 N–H and O–H groups in total. The first-order valence-electron chi connectivity index (χ1n) is 6.63. The normalized spacial score (nSPS) is 9.91. The lowest BCUT2D eigenvalue weighted by molar-refractivity contribution is 0.311. The van der Waals surface area contributed by atoms with E-state index in [1.807, 2.05) is 25.1 Å². The summed E-state index contributed by atoms with van der Waals surface area (Å²) in [4.78, 5) is 7.79. The molecule has 114 valence electrons. The van der Waals surface area contributed by atoms with Crippen molar-refractivity contribution in [3.8, 4) is 17.6 Å². The van der Waals surface area contributed by atoms with Gasteiger partial charge >= 0.3 is 0 Å². The molecule has 22 heavy (non-hydrogen) atoms. The fraction of sp³-hybridized carbons (Fsp3) is 0.267. The zero-order valence-electron chi connectivity index (χ0n) is 12.3. The monoisotopic (exact) mass is 318 g/mol. The second kappa shape index (κ2) is 7.48. The van der Waals surface area contributed by atoms with Gasteiger partial charge in [0.2, 0.25) is 5.82 Å². The van der Waals surface area contributed by atoms with Crippen molar-refractivity contribution in [2.45, 2.75) is 13.5 Å². The minimum absolute atomic E-state index is 0.135. The molecule has 0 saturated heterocycles. The molecule has 1 aromatic carbocycles. The first kappa shape index (κ1) is 15.9. The maximum Gasteiger partial charge on any atom is 0.232 e. The molecule has 0 unspecified atom stereocenters. The molecule has 0 spiro atoms. The van der Waals surface area contributed by atoms with E-state index in [1.165, 1.54) is 0 Å². The second-order valence-electron chi connectivity index (χ2n) is 4.30. The second-order valence-corrected chi connectivity index (χ2v) is 4.71. The van der Waals surface area contributed by atoms with E-state index in [0.29, 0.717) is 35.4 Å². The Morgan fingerprint density at radius 3 is 2.64 bits per heavy atom. The summed E-state index contributed by atoms with van der Waals surface area (Å²) in [5, 5.41) is 12.3. The van der Waals surface area contributed by atoms with E-state index in [2.05, 4.69) is 15.3 Å². The van der Waals surface area contributed by atoms with Crippen molar-refractivity contribution in [1.82, 2.24) is 9.97 Å². The van der Waals surface area contributed by atoms with Gasteiger partial charge in [0, 0.05) is 6.54 Å². The van der Waals surface area contributed by atoms with Crippen molar-refractivity contribution in [1.29, 1.82) is 5.26 Å². The zero-order valence-corrected chi connectivity index (χ0v) is 13.0. The number of anilines is 1. The van der Waals surface area contributed by atoms with E-state index in [4.69, 9.17) is 26.3 Å². The highest BCUT2D eigenvalue weighted by atomic mass is 35.5. The Labute approximate surface area is 133 Å². The summed E-state index contributed by atoms with van der Waals surface area (Å²) >= 11 is 6.22. The molecule has 1 aromatic heterocycles. The van der Waals surface area contributed by atoms with Crippen LogP contribution in [-0.4, -0.2) is 23.7 Å². The smallest absolute Gasteiger partial charge is 0.232 e. The van der Waals surface area contributed by atoms with Gasteiger partial charge in [-0.25, -0.2) is 9.97 Å². The Hall–Kier alpha value is -2.52. The van der Waals surface area contributed by atoms with Gasteiger partial charge in [-0.2, -0.15) is 5.26 Å². The standard InChI is InChI=1S/C15H15ClN4O2/c1-3-22-15-12(16)4-10(5-13(15)21-2)7-18-11-8-19-14(6-17)20-9-11/h4-5,8-9,18H,3,7H2,1-2H3. The van der Waals surface area contributed by atoms with Crippen molar-refractivity contribution in [3.63, 3.8) is 0 Å². The van der Waals surface area contributed by atoms with Gasteiger partial charge in [0.15, 0.2) is 11.5 Å². The Morgan fingerprint density at radius 2 is 2.05 bits per heavy atom. The Kier molecular flexibility index (Phi) is 5.39. The average molecular weight is 319 g/mol. The van der Waals surface area contributed by atoms with Crippen molar-refractivity contribution >= 4 is 17.3 Å². The van der Waals surface area contributed by atoms with Crippen LogP contribution in [0.15, 0.2) is 24.5 Å². The van der Waals surface area contributed by atoms with Crippen LogP contribution in [0.4, 0.5) is 5.69 Å². The van der Waals surface area contributed by atoms with Gasteiger partial charge in [-0.3, -0.25) is 0 Å². The first-order valence-corrected chi connectivity index (χ1v) is 7.01. The van der Waals surface area contributed by atoms with Gasteiger partial charge in [-0.05, 0) is 24.6 Å². The summed E-state index contributed by atoms with van der Waals surface area (Å²) < 4.78 is 10.8. The van der Waals surface area contributed by atoms with Crippen LogP contribution in [0.5, 0.6) is 11.5 Å². The third-order valence-electron chi connectivity index (χ3n) is 2.83. The summed E-state index contributed by atoms with van der Waals surface area (Å²) in [6, 6.07) is 5.54. The molecule has 0 bridgehead atoms. The minimum atomic E-state index is 0.135. The summed E-state index contributed by atoms with van der Waals surface area (Å²) in [7, 11) is 1.57. The number of nitriles is 1. The van der Waals surface area contributed by atoms with Gasteiger partial charge in [0.1, 0.15) is 6.07 Å². The number of halogens is 1.